The number of hydrogen-bond acceptors (Lipinski definition) is 3. The molecule has 0 saturated heterocycles. The van der Waals surface area contributed by atoms with Gasteiger partial charge in [-0.25, -0.2) is 0 Å². The third-order valence-electron chi connectivity index (χ3n) is 2.97. The van der Waals surface area contributed by atoms with Crippen LogP contribution < -0.4 is 9.47 Å². The van der Waals surface area contributed by atoms with E-state index in [9.17, 15) is 0 Å². The van der Waals surface area contributed by atoms with Crippen molar-refractivity contribution in [2.75, 3.05) is 7.11 Å². The van der Waals surface area contributed by atoms with E-state index in [1.54, 1.807) is 18.4 Å². The van der Waals surface area contributed by atoms with E-state index in [2.05, 4.69) is 6.07 Å². The molecule has 0 aliphatic rings. The van der Waals surface area contributed by atoms with Gasteiger partial charge in [-0.2, -0.15) is 0 Å². The summed E-state index contributed by atoms with van der Waals surface area (Å²) in [5.41, 5.74) is 0. The quantitative estimate of drug-likeness (QED) is 0.664. The van der Waals surface area contributed by atoms with E-state index in [1.165, 1.54) is 4.70 Å². The van der Waals surface area contributed by atoms with Crippen LogP contribution in [0.3, 0.4) is 0 Å². The van der Waals surface area contributed by atoms with Crippen molar-refractivity contribution in [2.45, 2.75) is 6.61 Å². The zero-order valence-corrected chi connectivity index (χ0v) is 12.5. The Balaban J connectivity index is 1.79. The van der Waals surface area contributed by atoms with Gasteiger partial charge in [0.2, 0.25) is 0 Å². The maximum atomic E-state index is 6.00. The summed E-state index contributed by atoms with van der Waals surface area (Å²) in [6, 6.07) is 15.7. The van der Waals surface area contributed by atoms with Crippen LogP contribution in [0.5, 0.6) is 11.5 Å². The summed E-state index contributed by atoms with van der Waals surface area (Å²) in [6.45, 7) is 0.525. The molecule has 0 aliphatic carbocycles. The van der Waals surface area contributed by atoms with Crippen LogP contribution in [-0.2, 0) is 6.61 Å². The standard InChI is InChI=1S/C16H13ClO2S/c1-18-14-4-2-3-5-15(14)19-10-13-9-11-8-12(17)6-7-16(11)20-13/h2-9H,10H2,1H3. The molecule has 0 unspecified atom stereocenters. The fourth-order valence-electron chi connectivity index (χ4n) is 2.03. The Labute approximate surface area is 126 Å². The first-order valence-corrected chi connectivity index (χ1v) is 7.39. The number of para-hydroxylation sites is 2. The zero-order chi connectivity index (χ0) is 13.9. The van der Waals surface area contributed by atoms with Crippen molar-refractivity contribution in [3.05, 3.63) is 58.4 Å². The maximum absolute atomic E-state index is 6.00. The van der Waals surface area contributed by atoms with Gasteiger partial charge in [0.25, 0.3) is 0 Å². The summed E-state index contributed by atoms with van der Waals surface area (Å²) in [6.07, 6.45) is 0. The fraction of sp³-hybridized carbons (Fsp3) is 0.125. The molecule has 1 aromatic heterocycles. The number of methoxy groups -OCH3 is 1. The summed E-state index contributed by atoms with van der Waals surface area (Å²) in [4.78, 5) is 1.16. The molecule has 3 rings (SSSR count). The van der Waals surface area contributed by atoms with Gasteiger partial charge in [-0.3, -0.25) is 0 Å². The Hall–Kier alpha value is -1.71. The highest BCUT2D eigenvalue weighted by Gasteiger charge is 2.06. The van der Waals surface area contributed by atoms with Gasteiger partial charge in [0.05, 0.1) is 7.11 Å². The number of fused-ring (bicyclic) bond motifs is 1. The first kappa shape index (κ1) is 13.3. The fourth-order valence-corrected chi connectivity index (χ4v) is 3.17. The number of ether oxygens (including phenoxy) is 2. The molecule has 4 heteroatoms. The molecule has 0 amide bonds. The van der Waals surface area contributed by atoms with Crippen molar-refractivity contribution in [3.8, 4) is 11.5 Å². The largest absolute Gasteiger partial charge is 0.493 e. The van der Waals surface area contributed by atoms with Gasteiger partial charge in [-0.05, 0) is 41.8 Å². The van der Waals surface area contributed by atoms with Crippen LogP contribution in [0.15, 0.2) is 48.5 Å². The van der Waals surface area contributed by atoms with Gasteiger partial charge < -0.3 is 9.47 Å². The SMILES string of the molecule is COc1ccccc1OCc1cc2cc(Cl)ccc2s1. The summed E-state index contributed by atoms with van der Waals surface area (Å²) in [5.74, 6) is 1.50. The molecule has 0 fully saturated rings. The number of thiophene rings is 1. The predicted molar refractivity (Wildman–Crippen MR) is 84.2 cm³/mol. The lowest BCUT2D eigenvalue weighted by Crippen LogP contribution is -1.95. The molecule has 1 heterocycles. The number of halogens is 1. The Morgan fingerprint density at radius 1 is 1.05 bits per heavy atom. The summed E-state index contributed by atoms with van der Waals surface area (Å²) >= 11 is 7.71. The molecule has 0 atom stereocenters. The first-order chi connectivity index (χ1) is 9.76. The minimum absolute atomic E-state index is 0.525. The van der Waals surface area contributed by atoms with Gasteiger partial charge in [0.1, 0.15) is 6.61 Å². The van der Waals surface area contributed by atoms with E-state index < -0.39 is 0 Å². The lowest BCUT2D eigenvalue weighted by molar-refractivity contribution is 0.287. The van der Waals surface area contributed by atoms with Gasteiger partial charge in [-0.15, -0.1) is 11.3 Å². The molecule has 0 saturated carbocycles. The van der Waals surface area contributed by atoms with Crippen LogP contribution in [0.25, 0.3) is 10.1 Å². The van der Waals surface area contributed by atoms with Crippen molar-refractivity contribution in [1.29, 1.82) is 0 Å². The van der Waals surface area contributed by atoms with E-state index in [0.29, 0.717) is 6.61 Å². The van der Waals surface area contributed by atoms with Gasteiger partial charge >= 0.3 is 0 Å². The molecule has 0 radical (unpaired) electrons. The number of hydrogen-bond donors (Lipinski definition) is 0. The summed E-state index contributed by atoms with van der Waals surface area (Å²) in [7, 11) is 1.64. The molecule has 102 valence electrons. The Kier molecular flexibility index (Phi) is 3.81. The summed E-state index contributed by atoms with van der Waals surface area (Å²) < 4.78 is 12.3. The maximum Gasteiger partial charge on any atom is 0.161 e. The minimum Gasteiger partial charge on any atom is -0.493 e. The highest BCUT2D eigenvalue weighted by molar-refractivity contribution is 7.19. The van der Waals surface area contributed by atoms with Crippen LogP contribution in [0.4, 0.5) is 0 Å². The van der Waals surface area contributed by atoms with Gasteiger partial charge in [0.15, 0.2) is 11.5 Å². The lowest BCUT2D eigenvalue weighted by Gasteiger charge is -2.08. The van der Waals surface area contributed by atoms with Crippen molar-refractivity contribution in [3.63, 3.8) is 0 Å². The van der Waals surface area contributed by atoms with Crippen molar-refractivity contribution >= 4 is 33.0 Å². The Morgan fingerprint density at radius 3 is 2.65 bits per heavy atom. The molecule has 0 N–H and O–H groups in total. The predicted octanol–water partition coefficient (Wildman–Crippen LogP) is 5.14. The van der Waals surface area contributed by atoms with Crippen LogP contribution in [-0.4, -0.2) is 7.11 Å². The van der Waals surface area contributed by atoms with Crippen molar-refractivity contribution in [1.82, 2.24) is 0 Å². The summed E-state index contributed by atoms with van der Waals surface area (Å²) in [5, 5.41) is 1.91. The van der Waals surface area contributed by atoms with E-state index >= 15 is 0 Å². The number of rotatable bonds is 4. The topological polar surface area (TPSA) is 18.5 Å². The third-order valence-corrected chi connectivity index (χ3v) is 4.29. The monoisotopic (exact) mass is 304 g/mol. The van der Waals surface area contributed by atoms with Gasteiger partial charge in [0, 0.05) is 14.6 Å². The zero-order valence-electron chi connectivity index (χ0n) is 10.9. The Bertz CT molecular complexity index is 736. The van der Waals surface area contributed by atoms with E-state index in [0.717, 1.165) is 26.8 Å². The second-order valence-corrected chi connectivity index (χ2v) is 5.94. The van der Waals surface area contributed by atoms with Crippen LogP contribution in [0.2, 0.25) is 5.02 Å². The molecule has 0 bridgehead atoms. The van der Waals surface area contributed by atoms with E-state index in [-0.39, 0.29) is 0 Å². The van der Waals surface area contributed by atoms with E-state index in [1.807, 2.05) is 42.5 Å². The van der Waals surface area contributed by atoms with E-state index in [4.69, 9.17) is 21.1 Å². The second-order valence-electron chi connectivity index (χ2n) is 4.33. The lowest BCUT2D eigenvalue weighted by atomic mass is 10.2. The normalized spacial score (nSPS) is 10.7. The van der Waals surface area contributed by atoms with Crippen LogP contribution in [0.1, 0.15) is 4.88 Å². The van der Waals surface area contributed by atoms with Crippen molar-refractivity contribution < 1.29 is 9.47 Å². The highest BCUT2D eigenvalue weighted by atomic mass is 35.5. The minimum atomic E-state index is 0.525. The highest BCUT2D eigenvalue weighted by Crippen LogP contribution is 2.31. The number of benzene rings is 2. The molecular weight excluding hydrogens is 292 g/mol. The molecule has 0 spiro atoms. The third kappa shape index (κ3) is 2.74. The molecule has 2 nitrogen and oxygen atoms in total. The van der Waals surface area contributed by atoms with Crippen LogP contribution >= 0.6 is 22.9 Å². The first-order valence-electron chi connectivity index (χ1n) is 6.20. The average molecular weight is 305 g/mol. The van der Waals surface area contributed by atoms with Crippen molar-refractivity contribution in [2.24, 2.45) is 0 Å². The van der Waals surface area contributed by atoms with Crippen LogP contribution in [0, 0.1) is 0 Å². The molecule has 2 aromatic carbocycles. The Morgan fingerprint density at radius 2 is 1.85 bits per heavy atom. The molecule has 3 aromatic rings. The van der Waals surface area contributed by atoms with Gasteiger partial charge in [-0.1, -0.05) is 23.7 Å². The average Bonchev–Trinajstić information content (AvgIpc) is 2.87. The molecule has 0 aliphatic heterocycles. The second kappa shape index (κ2) is 5.73. The molecule has 20 heavy (non-hydrogen) atoms. The smallest absolute Gasteiger partial charge is 0.161 e. The molecular formula is C16H13ClO2S.